The number of nitriles is 1. The molecule has 1 aromatic carbocycles. The van der Waals surface area contributed by atoms with Crippen molar-refractivity contribution >= 4 is 5.69 Å². The minimum atomic E-state index is -4.23. The van der Waals surface area contributed by atoms with Gasteiger partial charge in [-0.05, 0) is 25.1 Å². The maximum absolute atomic E-state index is 13.9. The van der Waals surface area contributed by atoms with Gasteiger partial charge in [-0.1, -0.05) is 0 Å². The first-order valence-corrected chi connectivity index (χ1v) is 6.55. The molecule has 1 aliphatic heterocycles. The molecule has 1 aromatic rings. The van der Waals surface area contributed by atoms with E-state index in [4.69, 9.17) is 5.26 Å². The van der Waals surface area contributed by atoms with Gasteiger partial charge in [-0.25, -0.2) is 4.39 Å². The first-order chi connectivity index (χ1) is 9.80. The molecule has 1 saturated heterocycles. The molecule has 21 heavy (non-hydrogen) atoms. The molecule has 1 atom stereocenters. The van der Waals surface area contributed by atoms with E-state index < -0.39 is 18.5 Å². The van der Waals surface area contributed by atoms with Crippen molar-refractivity contribution in [2.45, 2.75) is 19.1 Å². The Balaban J connectivity index is 2.07. The molecule has 0 radical (unpaired) electrons. The van der Waals surface area contributed by atoms with Crippen molar-refractivity contribution in [3.05, 3.63) is 29.6 Å². The van der Waals surface area contributed by atoms with Crippen molar-refractivity contribution in [2.24, 2.45) is 0 Å². The Labute approximate surface area is 120 Å². The van der Waals surface area contributed by atoms with Crippen LogP contribution in [-0.2, 0) is 0 Å². The summed E-state index contributed by atoms with van der Waals surface area (Å²) in [7, 11) is 0. The molecule has 0 spiro atoms. The number of nitrogens with zero attached hydrogens (tertiary/aromatic N) is 3. The van der Waals surface area contributed by atoms with Crippen LogP contribution in [0.1, 0.15) is 12.5 Å². The highest BCUT2D eigenvalue weighted by atomic mass is 19.4. The summed E-state index contributed by atoms with van der Waals surface area (Å²) in [5.41, 5.74) is 0.549. The molecule has 114 valence electrons. The van der Waals surface area contributed by atoms with Crippen LogP contribution in [0.4, 0.5) is 23.2 Å². The molecule has 0 aliphatic carbocycles. The molecule has 1 aliphatic rings. The number of hydrogen-bond donors (Lipinski definition) is 0. The zero-order valence-electron chi connectivity index (χ0n) is 11.5. The lowest BCUT2D eigenvalue weighted by Gasteiger charge is -2.41. The predicted molar refractivity (Wildman–Crippen MR) is 70.4 cm³/mol. The molecule has 1 unspecified atom stereocenters. The molecule has 0 saturated carbocycles. The van der Waals surface area contributed by atoms with Crippen LogP contribution in [0.3, 0.4) is 0 Å². The fourth-order valence-corrected chi connectivity index (χ4v) is 2.51. The zero-order valence-corrected chi connectivity index (χ0v) is 11.5. The summed E-state index contributed by atoms with van der Waals surface area (Å²) in [5, 5.41) is 8.70. The van der Waals surface area contributed by atoms with E-state index in [1.165, 1.54) is 17.0 Å². The summed E-state index contributed by atoms with van der Waals surface area (Å²) in [4.78, 5) is 3.06. The first-order valence-electron chi connectivity index (χ1n) is 6.55. The monoisotopic (exact) mass is 301 g/mol. The van der Waals surface area contributed by atoms with Gasteiger partial charge in [0.05, 0.1) is 23.9 Å². The Morgan fingerprint density at radius 1 is 1.33 bits per heavy atom. The molecule has 1 heterocycles. The van der Waals surface area contributed by atoms with E-state index in [2.05, 4.69) is 0 Å². The number of anilines is 1. The van der Waals surface area contributed by atoms with Gasteiger partial charge in [-0.15, -0.1) is 0 Å². The molecule has 7 heteroatoms. The lowest BCUT2D eigenvalue weighted by Crippen LogP contribution is -2.54. The molecule has 0 N–H and O–H groups in total. The SMILES string of the molecule is CC1CN(c2ccc(C#N)cc2F)CCN1CC(F)(F)F. The molecular weight excluding hydrogens is 286 g/mol. The quantitative estimate of drug-likeness (QED) is 0.787. The predicted octanol–water partition coefficient (Wildman–Crippen LogP) is 2.77. The van der Waals surface area contributed by atoms with Crippen LogP contribution in [0.15, 0.2) is 18.2 Å². The summed E-state index contributed by atoms with van der Waals surface area (Å²) in [6, 6.07) is 5.67. The summed E-state index contributed by atoms with van der Waals surface area (Å²) in [6.45, 7) is 1.61. The van der Waals surface area contributed by atoms with Crippen LogP contribution in [0, 0.1) is 17.1 Å². The van der Waals surface area contributed by atoms with Gasteiger partial charge in [0.1, 0.15) is 5.82 Å². The lowest BCUT2D eigenvalue weighted by atomic mass is 10.1. The van der Waals surface area contributed by atoms with E-state index in [0.29, 0.717) is 18.8 Å². The summed E-state index contributed by atoms with van der Waals surface area (Å²) < 4.78 is 51.2. The summed E-state index contributed by atoms with van der Waals surface area (Å²) in [6.07, 6.45) is -4.23. The Morgan fingerprint density at radius 2 is 2.05 bits per heavy atom. The zero-order chi connectivity index (χ0) is 15.6. The van der Waals surface area contributed by atoms with Crippen LogP contribution >= 0.6 is 0 Å². The van der Waals surface area contributed by atoms with Gasteiger partial charge >= 0.3 is 6.18 Å². The Kier molecular flexibility index (Phi) is 4.37. The maximum Gasteiger partial charge on any atom is 0.401 e. The highest BCUT2D eigenvalue weighted by Crippen LogP contribution is 2.25. The summed E-state index contributed by atoms with van der Waals surface area (Å²) in [5.74, 6) is -0.523. The topological polar surface area (TPSA) is 30.3 Å². The third-order valence-electron chi connectivity index (χ3n) is 3.56. The van der Waals surface area contributed by atoms with Gasteiger partial charge in [-0.2, -0.15) is 18.4 Å². The van der Waals surface area contributed by atoms with Crippen LogP contribution in [0.5, 0.6) is 0 Å². The van der Waals surface area contributed by atoms with Gasteiger partial charge in [0.15, 0.2) is 0 Å². The smallest absolute Gasteiger partial charge is 0.366 e. The van der Waals surface area contributed by atoms with Crippen molar-refractivity contribution in [2.75, 3.05) is 31.1 Å². The van der Waals surface area contributed by atoms with E-state index in [1.54, 1.807) is 11.8 Å². The fourth-order valence-electron chi connectivity index (χ4n) is 2.51. The standard InChI is InChI=1S/C14H15F4N3/c1-10-8-20(4-5-21(10)9-14(16,17)18)13-3-2-11(7-19)6-12(13)15/h2-3,6,10H,4-5,8-9H2,1H3. The molecule has 1 fully saturated rings. The average molecular weight is 301 g/mol. The number of halogens is 4. The first kappa shape index (κ1) is 15.6. The minimum absolute atomic E-state index is 0.222. The third kappa shape index (κ3) is 3.85. The van der Waals surface area contributed by atoms with Crippen molar-refractivity contribution in [1.82, 2.24) is 4.90 Å². The maximum atomic E-state index is 13.9. The molecule has 3 nitrogen and oxygen atoms in total. The number of piperazine rings is 1. The van der Waals surface area contributed by atoms with Crippen molar-refractivity contribution in [3.8, 4) is 6.07 Å². The van der Waals surface area contributed by atoms with Crippen LogP contribution < -0.4 is 4.90 Å². The van der Waals surface area contributed by atoms with Crippen LogP contribution in [0.25, 0.3) is 0 Å². The fraction of sp³-hybridized carbons (Fsp3) is 0.500. The third-order valence-corrected chi connectivity index (χ3v) is 3.56. The highest BCUT2D eigenvalue weighted by Gasteiger charge is 2.35. The average Bonchev–Trinajstić information content (AvgIpc) is 2.39. The molecule has 0 bridgehead atoms. The highest BCUT2D eigenvalue weighted by molar-refractivity contribution is 5.51. The van der Waals surface area contributed by atoms with Gasteiger partial charge in [0, 0.05) is 25.7 Å². The van der Waals surface area contributed by atoms with Gasteiger partial charge < -0.3 is 4.90 Å². The second-order valence-corrected chi connectivity index (χ2v) is 5.16. The number of alkyl halides is 3. The molecule has 0 amide bonds. The lowest BCUT2D eigenvalue weighted by molar-refractivity contribution is -0.150. The molecule has 2 rings (SSSR count). The van der Waals surface area contributed by atoms with Gasteiger partial charge in [0.2, 0.25) is 0 Å². The largest absolute Gasteiger partial charge is 0.401 e. The van der Waals surface area contributed by atoms with E-state index in [-0.39, 0.29) is 18.2 Å². The second kappa shape index (κ2) is 5.90. The molecule has 0 aromatic heterocycles. The number of rotatable bonds is 2. The van der Waals surface area contributed by atoms with Crippen molar-refractivity contribution < 1.29 is 17.6 Å². The Hall–Kier alpha value is -1.81. The summed E-state index contributed by atoms with van der Waals surface area (Å²) >= 11 is 0. The van der Waals surface area contributed by atoms with Gasteiger partial charge in [-0.3, -0.25) is 4.90 Å². The van der Waals surface area contributed by atoms with E-state index in [0.717, 1.165) is 6.07 Å². The minimum Gasteiger partial charge on any atom is -0.366 e. The number of benzene rings is 1. The number of hydrogen-bond acceptors (Lipinski definition) is 3. The van der Waals surface area contributed by atoms with Crippen LogP contribution in [-0.4, -0.2) is 43.3 Å². The Morgan fingerprint density at radius 3 is 2.57 bits per heavy atom. The molecular formula is C14H15F4N3. The van der Waals surface area contributed by atoms with Crippen molar-refractivity contribution in [1.29, 1.82) is 5.26 Å². The van der Waals surface area contributed by atoms with E-state index in [9.17, 15) is 17.6 Å². The van der Waals surface area contributed by atoms with Crippen LogP contribution in [0.2, 0.25) is 0 Å². The van der Waals surface area contributed by atoms with Gasteiger partial charge in [0.25, 0.3) is 0 Å². The normalized spacial score (nSPS) is 20.4. The second-order valence-electron chi connectivity index (χ2n) is 5.16. The Bertz CT molecular complexity index is 550. The van der Waals surface area contributed by atoms with E-state index in [1.807, 2.05) is 6.07 Å². The van der Waals surface area contributed by atoms with Crippen molar-refractivity contribution in [3.63, 3.8) is 0 Å². The van der Waals surface area contributed by atoms with E-state index >= 15 is 0 Å².